The Morgan fingerprint density at radius 3 is 2.67 bits per heavy atom. The van der Waals surface area contributed by atoms with Gasteiger partial charge in [0.15, 0.2) is 0 Å². The van der Waals surface area contributed by atoms with Gasteiger partial charge in [0, 0.05) is 6.54 Å². The van der Waals surface area contributed by atoms with Crippen molar-refractivity contribution in [3.63, 3.8) is 0 Å². The predicted molar refractivity (Wildman–Crippen MR) is 78.4 cm³/mol. The van der Waals surface area contributed by atoms with Crippen LogP contribution in [0.2, 0.25) is 0 Å². The minimum Gasteiger partial charge on any atom is -0.491 e. The van der Waals surface area contributed by atoms with E-state index in [-0.39, 0.29) is 0 Å². The topological polar surface area (TPSA) is 41.5 Å². The lowest BCUT2D eigenvalue weighted by Crippen LogP contribution is -2.34. The van der Waals surface area contributed by atoms with Gasteiger partial charge in [0.05, 0.1) is 0 Å². The highest BCUT2D eigenvalue weighted by molar-refractivity contribution is 7.98. The van der Waals surface area contributed by atoms with Crippen molar-refractivity contribution >= 4 is 11.8 Å². The first-order valence-corrected chi connectivity index (χ1v) is 7.67. The lowest BCUT2D eigenvalue weighted by molar-refractivity contribution is 0.106. The first-order valence-electron chi connectivity index (χ1n) is 6.28. The predicted octanol–water partition coefficient (Wildman–Crippen LogP) is 2.01. The van der Waals surface area contributed by atoms with E-state index in [1.165, 1.54) is 0 Å². The molecule has 2 atom stereocenters. The first-order chi connectivity index (χ1) is 8.72. The molecular formula is C14H23NO2S. The molecule has 102 valence electrons. The van der Waals surface area contributed by atoms with Crippen LogP contribution in [0.25, 0.3) is 0 Å². The third-order valence-electron chi connectivity index (χ3n) is 2.51. The van der Waals surface area contributed by atoms with Crippen molar-refractivity contribution in [2.24, 2.45) is 5.92 Å². The number of aliphatic hydroxyl groups excluding tert-OH is 1. The van der Waals surface area contributed by atoms with E-state index in [2.05, 4.69) is 18.5 Å². The zero-order chi connectivity index (χ0) is 13.2. The number of nitrogens with one attached hydrogen (secondary N) is 1. The minimum absolute atomic E-state index is 0.327. The summed E-state index contributed by atoms with van der Waals surface area (Å²) in [5.74, 6) is 2.57. The van der Waals surface area contributed by atoms with Gasteiger partial charge >= 0.3 is 0 Å². The highest BCUT2D eigenvalue weighted by Gasteiger charge is 2.06. The van der Waals surface area contributed by atoms with Gasteiger partial charge in [0.25, 0.3) is 0 Å². The molecule has 0 amide bonds. The fourth-order valence-corrected chi connectivity index (χ4v) is 2.29. The van der Waals surface area contributed by atoms with Crippen LogP contribution in [0.1, 0.15) is 6.92 Å². The second kappa shape index (κ2) is 9.25. The molecule has 0 bridgehead atoms. The molecule has 0 saturated carbocycles. The summed E-state index contributed by atoms with van der Waals surface area (Å²) < 4.78 is 5.48. The molecule has 0 heterocycles. The third-order valence-corrected chi connectivity index (χ3v) is 3.41. The number of para-hydroxylation sites is 1. The summed E-state index contributed by atoms with van der Waals surface area (Å²) in [4.78, 5) is 0. The smallest absolute Gasteiger partial charge is 0.119 e. The fraction of sp³-hybridized carbons (Fsp3) is 0.571. The number of benzene rings is 1. The van der Waals surface area contributed by atoms with E-state index in [1.54, 1.807) is 0 Å². The van der Waals surface area contributed by atoms with E-state index in [0.717, 1.165) is 18.0 Å². The molecule has 0 aliphatic rings. The van der Waals surface area contributed by atoms with Crippen molar-refractivity contribution in [3.8, 4) is 5.75 Å². The minimum atomic E-state index is -0.466. The molecule has 0 saturated heterocycles. The molecule has 1 rings (SSSR count). The van der Waals surface area contributed by atoms with Crippen molar-refractivity contribution in [3.05, 3.63) is 30.3 Å². The van der Waals surface area contributed by atoms with Gasteiger partial charge < -0.3 is 15.2 Å². The fourth-order valence-electron chi connectivity index (χ4n) is 1.61. The van der Waals surface area contributed by atoms with E-state index in [4.69, 9.17) is 4.74 Å². The SMILES string of the molecule is CSCC(C)CNCC(O)COc1ccccc1. The van der Waals surface area contributed by atoms with Crippen LogP contribution in [0.4, 0.5) is 0 Å². The number of rotatable bonds is 9. The number of hydrogen-bond acceptors (Lipinski definition) is 4. The van der Waals surface area contributed by atoms with Crippen LogP contribution in [0.15, 0.2) is 30.3 Å². The normalized spacial score (nSPS) is 14.2. The first kappa shape index (κ1) is 15.3. The van der Waals surface area contributed by atoms with Crippen molar-refractivity contribution < 1.29 is 9.84 Å². The number of aliphatic hydroxyl groups is 1. The van der Waals surface area contributed by atoms with E-state index in [1.807, 2.05) is 42.1 Å². The largest absolute Gasteiger partial charge is 0.491 e. The van der Waals surface area contributed by atoms with Gasteiger partial charge in [0.2, 0.25) is 0 Å². The van der Waals surface area contributed by atoms with Crippen LogP contribution in [0.3, 0.4) is 0 Å². The van der Waals surface area contributed by atoms with Crippen molar-refractivity contribution in [2.45, 2.75) is 13.0 Å². The Morgan fingerprint density at radius 1 is 1.28 bits per heavy atom. The summed E-state index contributed by atoms with van der Waals surface area (Å²) in [6, 6.07) is 9.56. The van der Waals surface area contributed by atoms with Gasteiger partial charge in [-0.1, -0.05) is 25.1 Å². The van der Waals surface area contributed by atoms with Crippen molar-refractivity contribution in [2.75, 3.05) is 31.7 Å². The molecule has 0 aliphatic heterocycles. The Morgan fingerprint density at radius 2 is 2.00 bits per heavy atom. The van der Waals surface area contributed by atoms with Gasteiger partial charge in [-0.25, -0.2) is 0 Å². The maximum Gasteiger partial charge on any atom is 0.119 e. The Balaban J connectivity index is 2.09. The maximum absolute atomic E-state index is 9.76. The monoisotopic (exact) mass is 269 g/mol. The highest BCUT2D eigenvalue weighted by atomic mass is 32.2. The molecule has 2 unspecified atom stereocenters. The summed E-state index contributed by atoms with van der Waals surface area (Å²) >= 11 is 1.85. The highest BCUT2D eigenvalue weighted by Crippen LogP contribution is 2.08. The molecule has 0 aromatic heterocycles. The molecule has 4 heteroatoms. The Kier molecular flexibility index (Phi) is 7.89. The molecular weight excluding hydrogens is 246 g/mol. The van der Waals surface area contributed by atoms with Gasteiger partial charge in [-0.05, 0) is 36.6 Å². The van der Waals surface area contributed by atoms with Gasteiger partial charge in [-0.3, -0.25) is 0 Å². The van der Waals surface area contributed by atoms with Crippen LogP contribution in [0.5, 0.6) is 5.75 Å². The molecule has 1 aromatic carbocycles. The van der Waals surface area contributed by atoms with Crippen LogP contribution >= 0.6 is 11.8 Å². The van der Waals surface area contributed by atoms with Crippen LogP contribution in [-0.4, -0.2) is 42.9 Å². The summed E-state index contributed by atoms with van der Waals surface area (Å²) in [5.41, 5.74) is 0. The molecule has 1 aromatic rings. The quantitative estimate of drug-likeness (QED) is 0.719. The van der Waals surface area contributed by atoms with Crippen molar-refractivity contribution in [1.82, 2.24) is 5.32 Å². The summed E-state index contributed by atoms with van der Waals surface area (Å²) in [7, 11) is 0. The van der Waals surface area contributed by atoms with Crippen LogP contribution in [-0.2, 0) is 0 Å². The zero-order valence-electron chi connectivity index (χ0n) is 11.1. The van der Waals surface area contributed by atoms with Gasteiger partial charge in [-0.2, -0.15) is 11.8 Å². The van der Waals surface area contributed by atoms with Crippen molar-refractivity contribution in [1.29, 1.82) is 0 Å². The summed E-state index contributed by atoms with van der Waals surface area (Å²) in [5, 5.41) is 13.0. The third kappa shape index (κ3) is 6.89. The molecule has 0 spiro atoms. The lowest BCUT2D eigenvalue weighted by Gasteiger charge is -2.15. The molecule has 2 N–H and O–H groups in total. The molecule has 0 radical (unpaired) electrons. The molecule has 0 aliphatic carbocycles. The Labute approximate surface area is 114 Å². The molecule has 18 heavy (non-hydrogen) atoms. The summed E-state index contributed by atoms with van der Waals surface area (Å²) in [6.45, 7) is 4.04. The maximum atomic E-state index is 9.76. The molecule has 3 nitrogen and oxygen atoms in total. The second-order valence-electron chi connectivity index (χ2n) is 4.50. The number of ether oxygens (including phenoxy) is 1. The van der Waals surface area contributed by atoms with Crippen LogP contribution < -0.4 is 10.1 Å². The van der Waals surface area contributed by atoms with E-state index in [9.17, 15) is 5.11 Å². The average molecular weight is 269 g/mol. The Bertz CT molecular complexity index is 308. The van der Waals surface area contributed by atoms with E-state index >= 15 is 0 Å². The van der Waals surface area contributed by atoms with Crippen LogP contribution in [0, 0.1) is 5.92 Å². The summed E-state index contributed by atoms with van der Waals surface area (Å²) in [6.07, 6.45) is 1.64. The van der Waals surface area contributed by atoms with E-state index in [0.29, 0.717) is 19.1 Å². The zero-order valence-corrected chi connectivity index (χ0v) is 12.0. The standard InChI is InChI=1S/C14H23NO2S/c1-12(11-18-2)8-15-9-13(16)10-17-14-6-4-3-5-7-14/h3-7,12-13,15-16H,8-11H2,1-2H3. The van der Waals surface area contributed by atoms with Gasteiger partial charge in [-0.15, -0.1) is 0 Å². The number of thioether (sulfide) groups is 1. The average Bonchev–Trinajstić information content (AvgIpc) is 2.38. The second-order valence-corrected chi connectivity index (χ2v) is 5.41. The number of hydrogen-bond donors (Lipinski definition) is 2. The van der Waals surface area contributed by atoms with Gasteiger partial charge in [0.1, 0.15) is 18.5 Å². The molecule has 0 fully saturated rings. The van der Waals surface area contributed by atoms with E-state index < -0.39 is 6.10 Å². The lowest BCUT2D eigenvalue weighted by atomic mass is 10.2. The Hall–Kier alpha value is -0.710.